The van der Waals surface area contributed by atoms with E-state index in [1.807, 2.05) is 13.8 Å². The van der Waals surface area contributed by atoms with Crippen molar-refractivity contribution in [2.24, 2.45) is 0 Å². The predicted octanol–water partition coefficient (Wildman–Crippen LogP) is 1.86. The van der Waals surface area contributed by atoms with Crippen LogP contribution in [0.25, 0.3) is 0 Å². The Labute approximate surface area is 110 Å². The maximum absolute atomic E-state index is 11.5. The molecule has 2 aromatic heterocycles. The molecule has 0 radical (unpaired) electrons. The van der Waals surface area contributed by atoms with Crippen LogP contribution in [-0.2, 0) is 0 Å². The van der Waals surface area contributed by atoms with Crippen molar-refractivity contribution >= 4 is 27.7 Å². The topological polar surface area (TPSA) is 76.5 Å². The first-order valence-electron chi connectivity index (χ1n) is 4.90. The fourth-order valence-corrected chi connectivity index (χ4v) is 2.31. The van der Waals surface area contributed by atoms with Gasteiger partial charge in [-0.1, -0.05) is 0 Å². The molecule has 17 heavy (non-hydrogen) atoms. The highest BCUT2D eigenvalue weighted by molar-refractivity contribution is 9.10. The van der Waals surface area contributed by atoms with E-state index in [9.17, 15) is 4.79 Å². The molecule has 0 aliphatic carbocycles. The van der Waals surface area contributed by atoms with Gasteiger partial charge in [0.05, 0.1) is 4.47 Å². The maximum Gasteiger partial charge on any atom is 0.344 e. The average molecular weight is 316 g/mol. The van der Waals surface area contributed by atoms with Crippen LogP contribution in [0.3, 0.4) is 0 Å². The van der Waals surface area contributed by atoms with Crippen molar-refractivity contribution in [2.75, 3.05) is 0 Å². The summed E-state index contributed by atoms with van der Waals surface area (Å²) >= 11 is 4.51. The van der Waals surface area contributed by atoms with E-state index in [0.717, 1.165) is 4.47 Å². The lowest BCUT2D eigenvalue weighted by molar-refractivity contribution is 0.533. The molecule has 0 aromatic carbocycles. The van der Waals surface area contributed by atoms with E-state index < -0.39 is 0 Å². The largest absolute Gasteiger partial charge is 0.344 e. The molecule has 0 bridgehead atoms. The van der Waals surface area contributed by atoms with Gasteiger partial charge in [-0.2, -0.15) is 0 Å². The van der Waals surface area contributed by atoms with E-state index in [2.05, 4.69) is 36.1 Å². The summed E-state index contributed by atoms with van der Waals surface area (Å²) in [5.74, 6) is 0. The van der Waals surface area contributed by atoms with E-state index in [-0.39, 0.29) is 11.7 Å². The van der Waals surface area contributed by atoms with Gasteiger partial charge in [0.2, 0.25) is 0 Å². The summed E-state index contributed by atoms with van der Waals surface area (Å²) in [6.07, 6.45) is 3.31. The first-order valence-corrected chi connectivity index (χ1v) is 6.51. The summed E-state index contributed by atoms with van der Waals surface area (Å²) in [6, 6.07) is 0.0409. The van der Waals surface area contributed by atoms with Gasteiger partial charge in [-0.3, -0.25) is 4.57 Å². The van der Waals surface area contributed by atoms with Crippen molar-refractivity contribution in [1.29, 1.82) is 0 Å². The highest BCUT2D eigenvalue weighted by Crippen LogP contribution is 2.23. The number of aromatic nitrogens is 5. The Hall–Kier alpha value is -1.15. The second kappa shape index (κ2) is 5.01. The Morgan fingerprint density at radius 2 is 2.06 bits per heavy atom. The molecule has 0 fully saturated rings. The first kappa shape index (κ1) is 12.3. The van der Waals surface area contributed by atoms with Crippen molar-refractivity contribution in [3.8, 4) is 0 Å². The van der Waals surface area contributed by atoms with Gasteiger partial charge in [-0.15, -0.1) is 5.10 Å². The minimum atomic E-state index is -0.223. The number of hydrogen-bond acceptors (Lipinski definition) is 5. The van der Waals surface area contributed by atoms with E-state index in [0.29, 0.717) is 10.3 Å². The molecule has 0 saturated carbocycles. The van der Waals surface area contributed by atoms with Gasteiger partial charge in [0.15, 0.2) is 10.3 Å². The first-order chi connectivity index (χ1) is 8.08. The number of nitrogens with one attached hydrogen (secondary N) is 1. The molecule has 0 saturated heterocycles. The number of hydrogen-bond donors (Lipinski definition) is 1. The number of H-pyrrole nitrogens is 1. The van der Waals surface area contributed by atoms with Crippen LogP contribution in [0, 0.1) is 0 Å². The van der Waals surface area contributed by atoms with Crippen molar-refractivity contribution in [3.63, 3.8) is 0 Å². The standard InChI is InChI=1S/C9H10BrN5OS/c1-5(2)15-8(16)13-14-9(15)17-7-11-3-6(10)4-12-7/h3-5H,1-2H3,(H,13,16). The Bertz CT molecular complexity index is 562. The van der Waals surface area contributed by atoms with Gasteiger partial charge >= 0.3 is 5.69 Å². The fourth-order valence-electron chi connectivity index (χ4n) is 1.25. The summed E-state index contributed by atoms with van der Waals surface area (Å²) in [4.78, 5) is 19.7. The zero-order valence-corrected chi connectivity index (χ0v) is 11.6. The van der Waals surface area contributed by atoms with Crippen LogP contribution >= 0.6 is 27.7 Å². The van der Waals surface area contributed by atoms with Crippen LogP contribution in [-0.4, -0.2) is 24.7 Å². The Morgan fingerprint density at radius 3 is 2.65 bits per heavy atom. The molecule has 0 spiro atoms. The fraction of sp³-hybridized carbons (Fsp3) is 0.333. The quantitative estimate of drug-likeness (QED) is 0.875. The predicted molar refractivity (Wildman–Crippen MR) is 67.1 cm³/mol. The monoisotopic (exact) mass is 315 g/mol. The number of halogens is 1. The lowest BCUT2D eigenvalue weighted by atomic mass is 10.4. The lowest BCUT2D eigenvalue weighted by Gasteiger charge is -2.07. The minimum absolute atomic E-state index is 0.0409. The third-order valence-electron chi connectivity index (χ3n) is 1.97. The third kappa shape index (κ3) is 2.75. The van der Waals surface area contributed by atoms with Gasteiger partial charge in [-0.05, 0) is 41.5 Å². The zero-order chi connectivity index (χ0) is 12.4. The molecular formula is C9H10BrN5OS. The Balaban J connectivity index is 2.30. The third-order valence-corrected chi connectivity index (χ3v) is 3.24. The van der Waals surface area contributed by atoms with Crippen LogP contribution in [0.2, 0.25) is 0 Å². The van der Waals surface area contributed by atoms with Gasteiger partial charge in [0, 0.05) is 18.4 Å². The van der Waals surface area contributed by atoms with Crippen molar-refractivity contribution in [3.05, 3.63) is 27.4 Å². The van der Waals surface area contributed by atoms with E-state index in [4.69, 9.17) is 0 Å². The Morgan fingerprint density at radius 1 is 1.41 bits per heavy atom. The molecule has 0 atom stereocenters. The van der Waals surface area contributed by atoms with Gasteiger partial charge in [0.1, 0.15) is 0 Å². The average Bonchev–Trinajstić information content (AvgIpc) is 2.63. The minimum Gasteiger partial charge on any atom is -0.267 e. The number of rotatable bonds is 3. The van der Waals surface area contributed by atoms with Crippen LogP contribution < -0.4 is 5.69 Å². The van der Waals surface area contributed by atoms with Gasteiger partial charge in [0.25, 0.3) is 0 Å². The molecule has 0 unspecified atom stereocenters. The molecule has 2 aromatic rings. The Kier molecular flexibility index (Phi) is 3.63. The smallest absolute Gasteiger partial charge is 0.267 e. The molecule has 2 heterocycles. The second-order valence-corrected chi connectivity index (χ2v) is 5.41. The normalized spacial score (nSPS) is 11.1. The maximum atomic E-state index is 11.5. The molecule has 1 N–H and O–H groups in total. The summed E-state index contributed by atoms with van der Waals surface area (Å²) < 4.78 is 2.38. The van der Waals surface area contributed by atoms with Crippen LogP contribution in [0.15, 0.2) is 32.0 Å². The molecule has 0 amide bonds. The van der Waals surface area contributed by atoms with Crippen molar-refractivity contribution < 1.29 is 0 Å². The molecular weight excluding hydrogens is 306 g/mol. The van der Waals surface area contributed by atoms with Crippen molar-refractivity contribution in [2.45, 2.75) is 30.2 Å². The van der Waals surface area contributed by atoms with E-state index >= 15 is 0 Å². The van der Waals surface area contributed by atoms with E-state index in [1.165, 1.54) is 11.8 Å². The van der Waals surface area contributed by atoms with Gasteiger partial charge < -0.3 is 0 Å². The number of aromatic amines is 1. The zero-order valence-electron chi connectivity index (χ0n) is 9.22. The second-order valence-electron chi connectivity index (χ2n) is 3.56. The van der Waals surface area contributed by atoms with Crippen molar-refractivity contribution in [1.82, 2.24) is 24.7 Å². The summed E-state index contributed by atoms with van der Waals surface area (Å²) in [7, 11) is 0. The van der Waals surface area contributed by atoms with Crippen LogP contribution in [0.5, 0.6) is 0 Å². The molecule has 0 aliphatic heterocycles. The number of nitrogens with zero attached hydrogens (tertiary/aromatic N) is 4. The summed E-state index contributed by atoms with van der Waals surface area (Å²) in [5.41, 5.74) is -0.223. The lowest BCUT2D eigenvalue weighted by Crippen LogP contribution is -2.19. The molecule has 6 nitrogen and oxygen atoms in total. The summed E-state index contributed by atoms with van der Waals surface area (Å²) in [5, 5.41) is 7.49. The van der Waals surface area contributed by atoms with E-state index in [1.54, 1.807) is 17.0 Å². The molecule has 0 aliphatic rings. The molecule has 8 heteroatoms. The van der Waals surface area contributed by atoms with Crippen LogP contribution in [0.1, 0.15) is 19.9 Å². The SMILES string of the molecule is CC(C)n1c(Sc2ncc(Br)cn2)n[nH]c1=O. The highest BCUT2D eigenvalue weighted by Gasteiger charge is 2.13. The molecule has 2 rings (SSSR count). The highest BCUT2D eigenvalue weighted by atomic mass is 79.9. The summed E-state index contributed by atoms with van der Waals surface area (Å²) in [6.45, 7) is 3.84. The van der Waals surface area contributed by atoms with Crippen LogP contribution in [0.4, 0.5) is 0 Å². The molecule has 90 valence electrons. The van der Waals surface area contributed by atoms with Gasteiger partial charge in [-0.25, -0.2) is 19.9 Å².